The molecule has 1 atom stereocenters. The summed E-state index contributed by atoms with van der Waals surface area (Å²) in [7, 11) is 2.14. The number of hydrogen-bond acceptors (Lipinski definition) is 2. The molecule has 18 heavy (non-hydrogen) atoms. The first-order valence-electron chi connectivity index (χ1n) is 7.16. The van der Waals surface area contributed by atoms with Gasteiger partial charge in [-0.25, -0.2) is 0 Å². The second kappa shape index (κ2) is 5.89. The van der Waals surface area contributed by atoms with Gasteiger partial charge in [0.1, 0.15) is 0 Å². The third-order valence-electron chi connectivity index (χ3n) is 4.45. The molecule has 0 aromatic carbocycles. The maximum Gasteiger partial charge on any atom is 0.0223 e. The SMILES string of the molecule is CCN1CCC(CNCc2cc(C)n(C)c2C)C1. The van der Waals surface area contributed by atoms with Crippen LogP contribution in [0.1, 0.15) is 30.3 Å². The third kappa shape index (κ3) is 2.96. The molecule has 0 amide bonds. The van der Waals surface area contributed by atoms with Crippen LogP contribution in [-0.2, 0) is 13.6 Å². The minimum absolute atomic E-state index is 0.843. The second-order valence-corrected chi connectivity index (χ2v) is 5.63. The van der Waals surface area contributed by atoms with Crippen LogP contribution < -0.4 is 5.32 Å². The molecule has 1 saturated heterocycles. The molecule has 1 aromatic rings. The summed E-state index contributed by atoms with van der Waals surface area (Å²) in [6.45, 7) is 12.6. The number of aryl methyl sites for hydroxylation is 1. The molecule has 1 unspecified atom stereocenters. The minimum atomic E-state index is 0.843. The number of aromatic nitrogens is 1. The molecular weight excluding hydrogens is 222 g/mol. The highest BCUT2D eigenvalue weighted by molar-refractivity contribution is 5.26. The zero-order valence-corrected chi connectivity index (χ0v) is 12.3. The Hall–Kier alpha value is -0.800. The van der Waals surface area contributed by atoms with Crippen LogP contribution in [0.25, 0.3) is 0 Å². The Kier molecular flexibility index (Phi) is 4.46. The molecule has 1 aliphatic rings. The van der Waals surface area contributed by atoms with Gasteiger partial charge in [-0.3, -0.25) is 0 Å². The molecule has 0 spiro atoms. The molecule has 2 rings (SSSR count). The van der Waals surface area contributed by atoms with Crippen molar-refractivity contribution in [3.05, 3.63) is 23.0 Å². The smallest absolute Gasteiger partial charge is 0.0223 e. The largest absolute Gasteiger partial charge is 0.352 e. The zero-order valence-electron chi connectivity index (χ0n) is 12.3. The van der Waals surface area contributed by atoms with Crippen molar-refractivity contribution in [3.8, 4) is 0 Å². The van der Waals surface area contributed by atoms with Gasteiger partial charge >= 0.3 is 0 Å². The van der Waals surface area contributed by atoms with Crippen molar-refractivity contribution in [2.24, 2.45) is 13.0 Å². The first-order chi connectivity index (χ1) is 8.61. The lowest BCUT2D eigenvalue weighted by Crippen LogP contribution is -2.26. The molecule has 102 valence electrons. The fraction of sp³-hybridized carbons (Fsp3) is 0.733. The van der Waals surface area contributed by atoms with E-state index in [1.807, 2.05) is 0 Å². The number of nitrogens with zero attached hydrogens (tertiary/aromatic N) is 2. The predicted octanol–water partition coefficient (Wildman–Crippen LogP) is 2.07. The fourth-order valence-electron chi connectivity index (χ4n) is 2.89. The van der Waals surface area contributed by atoms with Crippen LogP contribution in [0.5, 0.6) is 0 Å². The van der Waals surface area contributed by atoms with Crippen LogP contribution >= 0.6 is 0 Å². The van der Waals surface area contributed by atoms with Crippen molar-refractivity contribution in [3.63, 3.8) is 0 Å². The lowest BCUT2D eigenvalue weighted by atomic mass is 10.1. The lowest BCUT2D eigenvalue weighted by molar-refractivity contribution is 0.339. The molecule has 3 heteroatoms. The molecule has 1 fully saturated rings. The average molecular weight is 249 g/mol. The Morgan fingerprint density at radius 2 is 2.17 bits per heavy atom. The summed E-state index contributed by atoms with van der Waals surface area (Å²) in [6.07, 6.45) is 1.35. The van der Waals surface area contributed by atoms with Crippen LogP contribution in [0.15, 0.2) is 6.07 Å². The van der Waals surface area contributed by atoms with E-state index >= 15 is 0 Å². The van der Waals surface area contributed by atoms with E-state index in [1.54, 1.807) is 0 Å². The van der Waals surface area contributed by atoms with Gasteiger partial charge in [-0.1, -0.05) is 6.92 Å². The van der Waals surface area contributed by atoms with E-state index < -0.39 is 0 Å². The normalized spacial score (nSPS) is 20.8. The van der Waals surface area contributed by atoms with E-state index in [2.05, 4.69) is 48.7 Å². The van der Waals surface area contributed by atoms with E-state index in [9.17, 15) is 0 Å². The van der Waals surface area contributed by atoms with Crippen LogP contribution in [0.4, 0.5) is 0 Å². The fourth-order valence-corrected chi connectivity index (χ4v) is 2.89. The van der Waals surface area contributed by atoms with Gasteiger partial charge in [0.2, 0.25) is 0 Å². The number of hydrogen-bond donors (Lipinski definition) is 1. The van der Waals surface area contributed by atoms with E-state index in [1.165, 1.54) is 43.0 Å². The van der Waals surface area contributed by atoms with Gasteiger partial charge in [0, 0.05) is 31.5 Å². The van der Waals surface area contributed by atoms with Crippen LogP contribution in [-0.4, -0.2) is 35.6 Å². The van der Waals surface area contributed by atoms with Gasteiger partial charge < -0.3 is 14.8 Å². The summed E-state index contributed by atoms with van der Waals surface area (Å²) in [5.74, 6) is 0.843. The maximum atomic E-state index is 3.63. The summed E-state index contributed by atoms with van der Waals surface area (Å²) in [5.41, 5.74) is 4.18. The first kappa shape index (κ1) is 13.6. The highest BCUT2D eigenvalue weighted by atomic mass is 15.1. The first-order valence-corrected chi connectivity index (χ1v) is 7.16. The molecule has 0 radical (unpaired) electrons. The molecular formula is C15H27N3. The predicted molar refractivity (Wildman–Crippen MR) is 76.8 cm³/mol. The standard InChI is InChI=1S/C15H27N3/c1-5-18-7-6-14(11-18)9-16-10-15-8-12(2)17(4)13(15)3/h8,14,16H,5-7,9-11H2,1-4H3. The van der Waals surface area contributed by atoms with Gasteiger partial charge in [-0.15, -0.1) is 0 Å². The lowest BCUT2D eigenvalue weighted by Gasteiger charge is -2.13. The number of likely N-dealkylation sites (tertiary alicyclic amines) is 1. The van der Waals surface area contributed by atoms with Crippen LogP contribution in [0, 0.1) is 19.8 Å². The topological polar surface area (TPSA) is 20.2 Å². The quantitative estimate of drug-likeness (QED) is 0.862. The van der Waals surface area contributed by atoms with Crippen molar-refractivity contribution in [2.75, 3.05) is 26.2 Å². The summed E-state index contributed by atoms with van der Waals surface area (Å²) < 4.78 is 2.27. The summed E-state index contributed by atoms with van der Waals surface area (Å²) in [5, 5.41) is 3.63. The molecule has 2 heterocycles. The Morgan fingerprint density at radius 1 is 1.39 bits per heavy atom. The number of rotatable bonds is 5. The Balaban J connectivity index is 1.77. The monoisotopic (exact) mass is 249 g/mol. The summed E-state index contributed by atoms with van der Waals surface area (Å²) >= 11 is 0. The van der Waals surface area contributed by atoms with E-state index in [0.717, 1.165) is 19.0 Å². The van der Waals surface area contributed by atoms with E-state index in [4.69, 9.17) is 0 Å². The molecule has 1 N–H and O–H groups in total. The van der Waals surface area contributed by atoms with E-state index in [-0.39, 0.29) is 0 Å². The molecule has 0 aliphatic carbocycles. The Bertz CT molecular complexity index is 395. The minimum Gasteiger partial charge on any atom is -0.352 e. The number of nitrogens with one attached hydrogen (secondary N) is 1. The van der Waals surface area contributed by atoms with Gasteiger partial charge in [-0.05, 0) is 57.5 Å². The van der Waals surface area contributed by atoms with Crippen LogP contribution in [0.3, 0.4) is 0 Å². The van der Waals surface area contributed by atoms with Crippen molar-refractivity contribution < 1.29 is 0 Å². The van der Waals surface area contributed by atoms with Gasteiger partial charge in [0.05, 0.1) is 0 Å². The van der Waals surface area contributed by atoms with Gasteiger partial charge in [0.25, 0.3) is 0 Å². The summed E-state index contributed by atoms with van der Waals surface area (Å²) in [4.78, 5) is 2.55. The molecule has 1 aromatic heterocycles. The Labute approximate surface area is 111 Å². The van der Waals surface area contributed by atoms with Crippen LogP contribution in [0.2, 0.25) is 0 Å². The third-order valence-corrected chi connectivity index (χ3v) is 4.45. The maximum absolute atomic E-state index is 3.63. The highest BCUT2D eigenvalue weighted by Gasteiger charge is 2.20. The molecule has 3 nitrogen and oxygen atoms in total. The Morgan fingerprint density at radius 3 is 2.72 bits per heavy atom. The van der Waals surface area contributed by atoms with Gasteiger partial charge in [0.15, 0.2) is 0 Å². The molecule has 1 aliphatic heterocycles. The molecule has 0 bridgehead atoms. The van der Waals surface area contributed by atoms with E-state index in [0.29, 0.717) is 0 Å². The molecule has 0 saturated carbocycles. The van der Waals surface area contributed by atoms with Crippen molar-refractivity contribution in [2.45, 2.75) is 33.7 Å². The second-order valence-electron chi connectivity index (χ2n) is 5.63. The highest BCUT2D eigenvalue weighted by Crippen LogP contribution is 2.16. The average Bonchev–Trinajstić information content (AvgIpc) is 2.91. The summed E-state index contributed by atoms with van der Waals surface area (Å²) in [6, 6.07) is 2.30. The van der Waals surface area contributed by atoms with Gasteiger partial charge in [-0.2, -0.15) is 0 Å². The van der Waals surface area contributed by atoms with Crippen molar-refractivity contribution in [1.29, 1.82) is 0 Å². The zero-order chi connectivity index (χ0) is 13.1. The van der Waals surface area contributed by atoms with Crippen molar-refractivity contribution >= 4 is 0 Å². The van der Waals surface area contributed by atoms with Crippen molar-refractivity contribution in [1.82, 2.24) is 14.8 Å².